The molecule has 1 aromatic carbocycles. The van der Waals surface area contributed by atoms with Gasteiger partial charge in [0.25, 0.3) is 0 Å². The Balaban J connectivity index is 2.16. The van der Waals surface area contributed by atoms with Gasteiger partial charge in [0.2, 0.25) is 0 Å². The molecule has 0 amide bonds. The molecular formula is C20H33N. The molecule has 118 valence electrons. The van der Waals surface area contributed by atoms with E-state index in [2.05, 4.69) is 64.2 Å². The monoisotopic (exact) mass is 287 g/mol. The highest BCUT2D eigenvalue weighted by Crippen LogP contribution is 2.39. The fraction of sp³-hybridized carbons (Fsp3) is 0.700. The van der Waals surface area contributed by atoms with Crippen LogP contribution in [0.5, 0.6) is 0 Å². The van der Waals surface area contributed by atoms with Gasteiger partial charge in [-0.2, -0.15) is 0 Å². The fourth-order valence-corrected chi connectivity index (χ4v) is 3.60. The third kappa shape index (κ3) is 4.32. The lowest BCUT2D eigenvalue weighted by Crippen LogP contribution is -2.28. The van der Waals surface area contributed by atoms with Crippen LogP contribution in [0.25, 0.3) is 0 Å². The summed E-state index contributed by atoms with van der Waals surface area (Å²) in [5, 5.41) is 3.81. The maximum absolute atomic E-state index is 3.81. The fourth-order valence-electron chi connectivity index (χ4n) is 3.60. The number of nitrogens with one attached hydrogen (secondary N) is 1. The highest BCUT2D eigenvalue weighted by atomic mass is 14.9. The van der Waals surface area contributed by atoms with Gasteiger partial charge >= 0.3 is 0 Å². The molecule has 0 spiro atoms. The van der Waals surface area contributed by atoms with Crippen LogP contribution >= 0.6 is 0 Å². The molecule has 1 fully saturated rings. The molecule has 3 atom stereocenters. The van der Waals surface area contributed by atoms with Gasteiger partial charge in [-0.05, 0) is 54.2 Å². The van der Waals surface area contributed by atoms with Crippen molar-refractivity contribution in [1.82, 2.24) is 5.32 Å². The van der Waals surface area contributed by atoms with E-state index in [0.717, 1.165) is 18.4 Å². The van der Waals surface area contributed by atoms with E-state index >= 15 is 0 Å². The Morgan fingerprint density at radius 2 is 1.81 bits per heavy atom. The van der Waals surface area contributed by atoms with Gasteiger partial charge in [0, 0.05) is 6.04 Å². The molecule has 3 unspecified atom stereocenters. The van der Waals surface area contributed by atoms with Crippen molar-refractivity contribution >= 4 is 0 Å². The molecule has 2 rings (SSSR count). The Bertz CT molecular complexity index is 426. The van der Waals surface area contributed by atoms with Crippen LogP contribution in [0.1, 0.15) is 77.5 Å². The minimum Gasteiger partial charge on any atom is -0.310 e. The molecule has 0 saturated heterocycles. The lowest BCUT2D eigenvalue weighted by atomic mass is 9.84. The van der Waals surface area contributed by atoms with Crippen LogP contribution in [0.2, 0.25) is 0 Å². The van der Waals surface area contributed by atoms with Crippen LogP contribution in [0.15, 0.2) is 24.3 Å². The summed E-state index contributed by atoms with van der Waals surface area (Å²) in [6.45, 7) is 12.6. The highest BCUT2D eigenvalue weighted by Gasteiger charge is 2.29. The predicted octanol–water partition coefficient (Wildman–Crippen LogP) is 5.46. The Hall–Kier alpha value is -0.820. The van der Waals surface area contributed by atoms with Gasteiger partial charge in [-0.25, -0.2) is 0 Å². The van der Waals surface area contributed by atoms with E-state index in [1.54, 1.807) is 0 Å². The molecule has 1 aromatic rings. The topological polar surface area (TPSA) is 12.0 Å². The lowest BCUT2D eigenvalue weighted by molar-refractivity contribution is 0.359. The van der Waals surface area contributed by atoms with Crippen molar-refractivity contribution in [2.24, 2.45) is 11.8 Å². The third-order valence-electron chi connectivity index (χ3n) is 4.96. The maximum atomic E-state index is 3.81. The molecule has 0 heterocycles. The molecule has 1 N–H and O–H groups in total. The summed E-state index contributed by atoms with van der Waals surface area (Å²) < 4.78 is 0. The average molecular weight is 287 g/mol. The Morgan fingerprint density at radius 3 is 2.29 bits per heavy atom. The minimum absolute atomic E-state index is 0.243. The largest absolute Gasteiger partial charge is 0.310 e. The molecule has 21 heavy (non-hydrogen) atoms. The van der Waals surface area contributed by atoms with Crippen molar-refractivity contribution in [2.75, 3.05) is 6.54 Å². The normalized spacial score (nSPS) is 24.2. The quantitative estimate of drug-likeness (QED) is 0.758. The van der Waals surface area contributed by atoms with E-state index in [1.807, 2.05) is 0 Å². The first-order valence-corrected chi connectivity index (χ1v) is 8.75. The van der Waals surface area contributed by atoms with E-state index in [4.69, 9.17) is 0 Å². The summed E-state index contributed by atoms with van der Waals surface area (Å²) in [6.07, 6.45) is 5.36. The SMILES string of the molecule is CCCNC(c1ccc(C(C)(C)C)cc1)C1CCC(C)C1. The highest BCUT2D eigenvalue weighted by molar-refractivity contribution is 5.29. The lowest BCUT2D eigenvalue weighted by Gasteiger charge is -2.27. The van der Waals surface area contributed by atoms with E-state index in [9.17, 15) is 0 Å². The minimum atomic E-state index is 0.243. The van der Waals surface area contributed by atoms with Gasteiger partial charge in [0.15, 0.2) is 0 Å². The Kier molecular flexibility index (Phi) is 5.48. The predicted molar refractivity (Wildman–Crippen MR) is 92.7 cm³/mol. The number of hydrogen-bond donors (Lipinski definition) is 1. The van der Waals surface area contributed by atoms with E-state index in [1.165, 1.54) is 36.8 Å². The van der Waals surface area contributed by atoms with Crippen molar-refractivity contribution < 1.29 is 0 Å². The first-order valence-electron chi connectivity index (χ1n) is 8.75. The van der Waals surface area contributed by atoms with Gasteiger partial charge in [-0.1, -0.05) is 65.3 Å². The number of rotatable bonds is 5. The van der Waals surface area contributed by atoms with Crippen LogP contribution in [0, 0.1) is 11.8 Å². The van der Waals surface area contributed by atoms with Crippen LogP contribution in [0.3, 0.4) is 0 Å². The molecule has 0 radical (unpaired) electrons. The zero-order valence-electron chi connectivity index (χ0n) is 14.6. The number of benzene rings is 1. The molecule has 1 heteroatoms. The van der Waals surface area contributed by atoms with Gasteiger partial charge in [-0.15, -0.1) is 0 Å². The van der Waals surface area contributed by atoms with Crippen molar-refractivity contribution in [1.29, 1.82) is 0 Å². The first kappa shape index (κ1) is 16.5. The average Bonchev–Trinajstić information content (AvgIpc) is 2.85. The van der Waals surface area contributed by atoms with E-state index in [-0.39, 0.29) is 5.41 Å². The van der Waals surface area contributed by atoms with Crippen molar-refractivity contribution in [3.8, 4) is 0 Å². The number of hydrogen-bond acceptors (Lipinski definition) is 1. The first-order chi connectivity index (χ1) is 9.91. The van der Waals surface area contributed by atoms with Crippen LogP contribution in [-0.4, -0.2) is 6.54 Å². The molecular weight excluding hydrogens is 254 g/mol. The molecule has 0 bridgehead atoms. The molecule has 1 aliphatic carbocycles. The van der Waals surface area contributed by atoms with E-state index < -0.39 is 0 Å². The Labute approximate surface area is 131 Å². The second kappa shape index (κ2) is 6.96. The van der Waals surface area contributed by atoms with Crippen LogP contribution < -0.4 is 5.32 Å². The second-order valence-corrected chi connectivity index (χ2v) is 7.98. The summed E-state index contributed by atoms with van der Waals surface area (Å²) >= 11 is 0. The summed E-state index contributed by atoms with van der Waals surface area (Å²) in [7, 11) is 0. The van der Waals surface area contributed by atoms with Crippen LogP contribution in [-0.2, 0) is 5.41 Å². The summed E-state index contributed by atoms with van der Waals surface area (Å²) in [5.41, 5.74) is 3.16. The van der Waals surface area contributed by atoms with E-state index in [0.29, 0.717) is 6.04 Å². The zero-order chi connectivity index (χ0) is 15.5. The zero-order valence-corrected chi connectivity index (χ0v) is 14.6. The van der Waals surface area contributed by atoms with Crippen molar-refractivity contribution in [3.63, 3.8) is 0 Å². The van der Waals surface area contributed by atoms with Crippen molar-refractivity contribution in [2.45, 2.75) is 71.8 Å². The third-order valence-corrected chi connectivity index (χ3v) is 4.96. The maximum Gasteiger partial charge on any atom is 0.0348 e. The molecule has 1 nitrogen and oxygen atoms in total. The molecule has 1 aliphatic rings. The Morgan fingerprint density at radius 1 is 1.14 bits per heavy atom. The van der Waals surface area contributed by atoms with Gasteiger partial charge in [-0.3, -0.25) is 0 Å². The summed E-state index contributed by atoms with van der Waals surface area (Å²) in [6, 6.07) is 9.92. The second-order valence-electron chi connectivity index (χ2n) is 7.98. The smallest absolute Gasteiger partial charge is 0.0348 e. The summed E-state index contributed by atoms with van der Waals surface area (Å²) in [5.74, 6) is 1.71. The molecule has 1 saturated carbocycles. The van der Waals surface area contributed by atoms with Gasteiger partial charge < -0.3 is 5.32 Å². The van der Waals surface area contributed by atoms with Gasteiger partial charge in [0.05, 0.1) is 0 Å². The van der Waals surface area contributed by atoms with Gasteiger partial charge in [0.1, 0.15) is 0 Å². The summed E-state index contributed by atoms with van der Waals surface area (Å²) in [4.78, 5) is 0. The molecule has 0 aliphatic heterocycles. The van der Waals surface area contributed by atoms with Crippen LogP contribution in [0.4, 0.5) is 0 Å². The molecule has 0 aromatic heterocycles. The van der Waals surface area contributed by atoms with Crippen molar-refractivity contribution in [3.05, 3.63) is 35.4 Å². The standard InChI is InChI=1S/C20H33N/c1-6-13-21-19(17-8-7-15(2)14-17)16-9-11-18(12-10-16)20(3,4)5/h9-12,15,17,19,21H,6-8,13-14H2,1-5H3.